The minimum atomic E-state index is -1.88. The second-order valence-corrected chi connectivity index (χ2v) is 3.26. The van der Waals surface area contributed by atoms with Crippen LogP contribution in [0.4, 0.5) is 0 Å². The molecule has 0 radical (unpaired) electrons. The van der Waals surface area contributed by atoms with E-state index in [2.05, 4.69) is 4.74 Å². The van der Waals surface area contributed by atoms with Crippen molar-refractivity contribution in [2.75, 3.05) is 13.2 Å². The zero-order valence-electron chi connectivity index (χ0n) is 9.84. The number of aliphatic hydroxyl groups is 4. The van der Waals surface area contributed by atoms with Crippen molar-refractivity contribution < 1.29 is 41.2 Å². The lowest BCUT2D eigenvalue weighted by atomic mass is 10.0. The Bertz CT molecular complexity index is 273. The number of carboxylic acids is 1. The smallest absolute Gasteiger partial charge is 0.305 e. The molecule has 0 fully saturated rings. The average molecular weight is 253 g/mol. The molecule has 5 N–H and O–H groups in total. The highest BCUT2D eigenvalue weighted by Crippen LogP contribution is 2.04. The number of hydrogen-bond acceptors (Lipinski definition) is 7. The maximum absolute atomic E-state index is 10.3. The van der Waals surface area contributed by atoms with Crippen LogP contribution in [0.2, 0.25) is 0 Å². The highest BCUT2D eigenvalue weighted by Gasteiger charge is 2.30. The van der Waals surface area contributed by atoms with Gasteiger partial charge in [0, 0.05) is 1.37 Å². The van der Waals surface area contributed by atoms with E-state index in [4.69, 9.17) is 11.6 Å². The Morgan fingerprint density at radius 1 is 1.29 bits per heavy atom. The molecule has 0 saturated heterocycles. The van der Waals surface area contributed by atoms with E-state index in [-0.39, 0.29) is 6.29 Å². The topological polar surface area (TPSA) is 145 Å². The van der Waals surface area contributed by atoms with Crippen LogP contribution < -0.4 is 0 Å². The molecule has 0 aromatic rings. The maximum Gasteiger partial charge on any atom is 0.305 e. The Labute approximate surface area is 98.5 Å². The van der Waals surface area contributed by atoms with Crippen LogP contribution in [-0.2, 0) is 14.3 Å². The monoisotopic (exact) mass is 253 g/mol. The lowest BCUT2D eigenvalue weighted by molar-refractivity contribution is -0.143. The van der Waals surface area contributed by atoms with E-state index in [9.17, 15) is 24.9 Å². The van der Waals surface area contributed by atoms with Gasteiger partial charge in [-0.2, -0.15) is 0 Å². The van der Waals surface area contributed by atoms with Gasteiger partial charge in [-0.15, -0.1) is 0 Å². The van der Waals surface area contributed by atoms with Gasteiger partial charge in [0.05, 0.1) is 19.6 Å². The van der Waals surface area contributed by atoms with Gasteiger partial charge in [0.25, 0.3) is 0 Å². The van der Waals surface area contributed by atoms with Crippen molar-refractivity contribution in [3.63, 3.8) is 0 Å². The third kappa shape index (κ3) is 6.29. The molecule has 17 heavy (non-hydrogen) atoms. The molecule has 8 heteroatoms. The van der Waals surface area contributed by atoms with Crippen LogP contribution >= 0.6 is 0 Å². The Morgan fingerprint density at radius 3 is 2.35 bits per heavy atom. The van der Waals surface area contributed by atoms with Gasteiger partial charge >= 0.3 is 5.97 Å². The quantitative estimate of drug-likeness (QED) is 0.275. The summed E-state index contributed by atoms with van der Waals surface area (Å²) in [6, 6.07) is 0. The summed E-state index contributed by atoms with van der Waals surface area (Å²) in [5, 5.41) is 45.0. The third-order valence-electron chi connectivity index (χ3n) is 1.90. The summed E-state index contributed by atoms with van der Waals surface area (Å²) in [6.45, 7) is -1.06. The first kappa shape index (κ1) is 14.0. The van der Waals surface area contributed by atoms with E-state index in [1.54, 1.807) is 0 Å². The molecule has 0 aromatic carbocycles. The van der Waals surface area contributed by atoms with Crippen LogP contribution in [-0.4, -0.2) is 75.4 Å². The van der Waals surface area contributed by atoms with Crippen molar-refractivity contribution >= 4 is 12.3 Å². The van der Waals surface area contributed by atoms with E-state index in [0.717, 1.165) is 0 Å². The number of aliphatic carboxylic acids is 1. The SMILES string of the molecule is [2H]C(COC[C@@H](O)[C@@H](O)[C@H](O)[C@@H](O)C=O)C(=O)O. The number of carboxylic acid groups (broad SMARTS) is 1. The Hall–Kier alpha value is -1.06. The standard InChI is InChI=1S/C9H16O8/c10-3-5(11)8(15)9(16)6(12)4-17-2-1-7(13)14/h3,5-6,8-9,11-12,15-16H,1-2,4H2,(H,13,14)/t5-,6+,8+,9+/m0/s1/i1D/t1?,5-,6+,8+,9+. The maximum atomic E-state index is 10.3. The largest absolute Gasteiger partial charge is 0.481 e. The summed E-state index contributed by atoms with van der Waals surface area (Å²) < 4.78 is 11.6. The Balaban J connectivity index is 4.05. The second-order valence-electron chi connectivity index (χ2n) is 3.26. The molecule has 0 aliphatic rings. The van der Waals surface area contributed by atoms with Gasteiger partial charge in [0.1, 0.15) is 24.4 Å². The van der Waals surface area contributed by atoms with Crippen molar-refractivity contribution in [1.29, 1.82) is 0 Å². The normalized spacial score (nSPS) is 20.8. The molecule has 0 spiro atoms. The zero-order chi connectivity index (χ0) is 14.3. The molecule has 0 heterocycles. The number of carbonyl (C=O) groups is 2. The molecule has 0 aliphatic heterocycles. The van der Waals surface area contributed by atoms with Gasteiger partial charge in [-0.1, -0.05) is 0 Å². The summed E-state index contributed by atoms with van der Waals surface area (Å²) in [6.07, 6.45) is -8.73. The van der Waals surface area contributed by atoms with Crippen LogP contribution in [0.15, 0.2) is 0 Å². The van der Waals surface area contributed by atoms with Crippen molar-refractivity contribution in [3.8, 4) is 0 Å². The van der Waals surface area contributed by atoms with E-state index < -0.39 is 50.0 Å². The number of hydrogen-bond donors (Lipinski definition) is 5. The molecule has 1 unspecified atom stereocenters. The predicted molar refractivity (Wildman–Crippen MR) is 53.2 cm³/mol. The van der Waals surface area contributed by atoms with Gasteiger partial charge < -0.3 is 35.1 Å². The van der Waals surface area contributed by atoms with E-state index in [0.29, 0.717) is 0 Å². The van der Waals surface area contributed by atoms with Gasteiger partial charge in [0.2, 0.25) is 0 Å². The summed E-state index contributed by atoms with van der Waals surface area (Å²) >= 11 is 0. The molecule has 0 saturated carbocycles. The lowest BCUT2D eigenvalue weighted by Gasteiger charge is -2.23. The molecule has 5 atom stereocenters. The number of ether oxygens (including phenoxy) is 1. The fourth-order valence-electron chi connectivity index (χ4n) is 0.928. The second kappa shape index (κ2) is 8.09. The van der Waals surface area contributed by atoms with Gasteiger partial charge in [0.15, 0.2) is 6.29 Å². The van der Waals surface area contributed by atoms with Crippen LogP contribution in [0, 0.1) is 0 Å². The third-order valence-corrected chi connectivity index (χ3v) is 1.90. The molecule has 0 aromatic heterocycles. The molecule has 0 aliphatic carbocycles. The highest BCUT2D eigenvalue weighted by atomic mass is 16.5. The van der Waals surface area contributed by atoms with Crippen molar-refractivity contribution in [1.82, 2.24) is 0 Å². The van der Waals surface area contributed by atoms with Crippen LogP contribution in [0.5, 0.6) is 0 Å². The van der Waals surface area contributed by atoms with Crippen LogP contribution in [0.1, 0.15) is 7.77 Å². The van der Waals surface area contributed by atoms with E-state index >= 15 is 0 Å². The van der Waals surface area contributed by atoms with Gasteiger partial charge in [-0.05, 0) is 0 Å². The summed E-state index contributed by atoms with van der Waals surface area (Å²) in [5.74, 6) is -1.40. The first-order chi connectivity index (χ1) is 8.31. The first-order valence-corrected chi connectivity index (χ1v) is 4.71. The molecule has 0 bridgehead atoms. The lowest BCUT2D eigenvalue weighted by Crippen LogP contribution is -2.46. The van der Waals surface area contributed by atoms with Gasteiger partial charge in [-0.25, -0.2) is 0 Å². The molecule has 0 amide bonds. The Morgan fingerprint density at radius 2 is 1.88 bits per heavy atom. The molecular formula is C9H16O8. The minimum Gasteiger partial charge on any atom is -0.481 e. The summed E-state index contributed by atoms with van der Waals surface area (Å²) in [4.78, 5) is 20.4. The van der Waals surface area contributed by atoms with Crippen molar-refractivity contribution in [2.24, 2.45) is 0 Å². The average Bonchev–Trinajstić information content (AvgIpc) is 2.35. The molecule has 100 valence electrons. The Kier molecular flexibility index (Phi) is 6.67. The molecular weight excluding hydrogens is 236 g/mol. The fraction of sp³-hybridized carbons (Fsp3) is 0.778. The molecule has 8 nitrogen and oxygen atoms in total. The highest BCUT2D eigenvalue weighted by molar-refractivity contribution is 5.66. The zero-order valence-corrected chi connectivity index (χ0v) is 8.84. The number of rotatable bonds is 9. The molecule has 0 rings (SSSR count). The van der Waals surface area contributed by atoms with E-state index in [1.807, 2.05) is 0 Å². The van der Waals surface area contributed by atoms with Crippen LogP contribution in [0.25, 0.3) is 0 Å². The number of aldehydes is 1. The number of aliphatic hydroxyl groups excluding tert-OH is 4. The summed E-state index contributed by atoms with van der Waals surface area (Å²) in [5.41, 5.74) is 0. The van der Waals surface area contributed by atoms with Gasteiger partial charge in [-0.3, -0.25) is 4.79 Å². The van der Waals surface area contributed by atoms with Crippen molar-refractivity contribution in [3.05, 3.63) is 0 Å². The minimum absolute atomic E-state index is 0.00821. The fourth-order valence-corrected chi connectivity index (χ4v) is 0.928. The van der Waals surface area contributed by atoms with Crippen molar-refractivity contribution in [2.45, 2.75) is 30.8 Å². The van der Waals surface area contributed by atoms with E-state index in [1.165, 1.54) is 0 Å². The number of carbonyl (C=O) groups excluding carboxylic acids is 1. The first-order valence-electron chi connectivity index (χ1n) is 5.29. The summed E-state index contributed by atoms with van der Waals surface area (Å²) in [7, 11) is 0. The predicted octanol–water partition coefficient (Wildman–Crippen LogP) is -2.88. The van der Waals surface area contributed by atoms with Crippen LogP contribution in [0.3, 0.4) is 0 Å².